The molecule has 2 aromatic rings. The van der Waals surface area contributed by atoms with Crippen LogP contribution >= 0.6 is 0 Å². The monoisotopic (exact) mass is 484 g/mol. The first-order valence-electron chi connectivity index (χ1n) is 10.6. The molecule has 7 nitrogen and oxygen atoms in total. The summed E-state index contributed by atoms with van der Waals surface area (Å²) in [6, 6.07) is 9.62. The van der Waals surface area contributed by atoms with Crippen LogP contribution in [0.4, 0.5) is 17.6 Å². The van der Waals surface area contributed by atoms with Crippen LogP contribution in [-0.2, 0) is 20.9 Å². The van der Waals surface area contributed by atoms with Gasteiger partial charge in [-0.25, -0.2) is 9.18 Å². The summed E-state index contributed by atoms with van der Waals surface area (Å²) in [5, 5.41) is 7.12. The molecule has 0 aliphatic carbocycles. The number of benzene rings is 1. The standard InChI is InChI=1S/C21H23FN2O3.C2HF3O2/c22-18-3-1-16(2-4-18)21(25)24-11-19-17(14-27-20(19)12-24)7-10-26-13-15-5-8-23-9-6-15;3-2(4,5)1(6)7/h1-6,8-9,17,19-20H,7,10-14H2;(H,6,7)/t17-,19-,20-;/m0./s1. The Morgan fingerprint density at radius 2 is 1.76 bits per heavy atom. The Morgan fingerprint density at radius 3 is 2.38 bits per heavy atom. The first kappa shape index (κ1) is 25.6. The third kappa shape index (κ3) is 6.97. The molecule has 1 aromatic heterocycles. The van der Waals surface area contributed by atoms with Crippen LogP contribution in [-0.4, -0.2) is 65.5 Å². The molecular formula is C23H24F4N2O5. The molecule has 0 radical (unpaired) electrons. The molecule has 1 aromatic carbocycles. The van der Waals surface area contributed by atoms with Gasteiger partial charge in [0.2, 0.25) is 0 Å². The van der Waals surface area contributed by atoms with Crippen molar-refractivity contribution in [1.29, 1.82) is 0 Å². The average Bonchev–Trinajstić information content (AvgIpc) is 3.39. The number of hydrogen-bond donors (Lipinski definition) is 1. The van der Waals surface area contributed by atoms with Crippen molar-refractivity contribution in [3.63, 3.8) is 0 Å². The molecule has 0 bridgehead atoms. The number of carboxylic acid groups (broad SMARTS) is 1. The van der Waals surface area contributed by atoms with Crippen LogP contribution in [0.15, 0.2) is 48.8 Å². The lowest BCUT2D eigenvalue weighted by Gasteiger charge is -2.20. The minimum absolute atomic E-state index is 0.0549. The van der Waals surface area contributed by atoms with Crippen LogP contribution in [0.2, 0.25) is 0 Å². The molecule has 2 aliphatic heterocycles. The Morgan fingerprint density at radius 1 is 1.12 bits per heavy atom. The fraction of sp³-hybridized carbons (Fsp3) is 0.435. The number of amides is 1. The van der Waals surface area contributed by atoms with Gasteiger partial charge in [0.25, 0.3) is 5.91 Å². The number of carbonyl (C=O) groups is 2. The molecule has 11 heteroatoms. The number of pyridine rings is 1. The van der Waals surface area contributed by atoms with Crippen molar-refractivity contribution in [2.45, 2.75) is 25.3 Å². The minimum atomic E-state index is -5.08. The molecule has 2 fully saturated rings. The Bertz CT molecular complexity index is 956. The summed E-state index contributed by atoms with van der Waals surface area (Å²) in [7, 11) is 0. The second kappa shape index (κ2) is 11.4. The fourth-order valence-corrected chi connectivity index (χ4v) is 3.94. The average molecular weight is 484 g/mol. The van der Waals surface area contributed by atoms with E-state index >= 15 is 0 Å². The molecule has 2 aliphatic rings. The summed E-state index contributed by atoms with van der Waals surface area (Å²) in [5.41, 5.74) is 1.64. The Hall–Kier alpha value is -3.05. The third-order valence-corrected chi connectivity index (χ3v) is 5.71. The van der Waals surface area contributed by atoms with Crippen molar-refractivity contribution in [1.82, 2.24) is 9.88 Å². The van der Waals surface area contributed by atoms with Gasteiger partial charge in [-0.15, -0.1) is 0 Å². The van der Waals surface area contributed by atoms with Crippen molar-refractivity contribution in [3.05, 3.63) is 65.7 Å². The van der Waals surface area contributed by atoms with Crippen molar-refractivity contribution in [3.8, 4) is 0 Å². The normalized spacial score (nSPS) is 21.5. The number of ether oxygens (including phenoxy) is 2. The first-order chi connectivity index (χ1) is 16.1. The summed E-state index contributed by atoms with van der Waals surface area (Å²) in [4.78, 5) is 27.4. The first-order valence-corrected chi connectivity index (χ1v) is 10.6. The number of hydrogen-bond acceptors (Lipinski definition) is 5. The van der Waals surface area contributed by atoms with Crippen molar-refractivity contribution < 1.29 is 41.7 Å². The predicted octanol–water partition coefficient (Wildman–Crippen LogP) is 3.55. The van der Waals surface area contributed by atoms with Gasteiger partial charge in [0, 0.05) is 43.6 Å². The highest BCUT2D eigenvalue weighted by atomic mass is 19.4. The van der Waals surface area contributed by atoms with E-state index in [1.807, 2.05) is 17.0 Å². The number of carboxylic acids is 1. The van der Waals surface area contributed by atoms with Crippen LogP contribution in [0.3, 0.4) is 0 Å². The highest BCUT2D eigenvalue weighted by Crippen LogP contribution is 2.36. The lowest BCUT2D eigenvalue weighted by atomic mass is 9.91. The Kier molecular flexibility index (Phi) is 8.56. The lowest BCUT2D eigenvalue weighted by molar-refractivity contribution is -0.192. The second-order valence-corrected chi connectivity index (χ2v) is 8.01. The number of aliphatic carboxylic acids is 1. The zero-order chi connectivity index (χ0) is 24.7. The zero-order valence-corrected chi connectivity index (χ0v) is 18.1. The van der Waals surface area contributed by atoms with Gasteiger partial charge in [0.05, 0.1) is 19.3 Å². The van der Waals surface area contributed by atoms with Gasteiger partial charge in [-0.3, -0.25) is 9.78 Å². The molecule has 1 amide bonds. The summed E-state index contributed by atoms with van der Waals surface area (Å²) in [6.07, 6.45) is -0.539. The molecule has 0 saturated carbocycles. The van der Waals surface area contributed by atoms with E-state index in [1.165, 1.54) is 24.3 Å². The summed E-state index contributed by atoms with van der Waals surface area (Å²) in [5.74, 6) is -2.40. The van der Waals surface area contributed by atoms with Crippen LogP contribution in [0, 0.1) is 17.7 Å². The highest BCUT2D eigenvalue weighted by Gasteiger charge is 2.45. The van der Waals surface area contributed by atoms with E-state index in [4.69, 9.17) is 19.4 Å². The second-order valence-electron chi connectivity index (χ2n) is 8.01. The van der Waals surface area contributed by atoms with Crippen LogP contribution in [0.25, 0.3) is 0 Å². The number of fused-ring (bicyclic) bond motifs is 1. The topological polar surface area (TPSA) is 89.0 Å². The number of alkyl halides is 3. The van der Waals surface area contributed by atoms with E-state index in [9.17, 15) is 22.4 Å². The van der Waals surface area contributed by atoms with E-state index in [0.29, 0.717) is 43.7 Å². The molecule has 2 saturated heterocycles. The van der Waals surface area contributed by atoms with Gasteiger partial charge in [-0.05, 0) is 54.3 Å². The summed E-state index contributed by atoms with van der Waals surface area (Å²) < 4.78 is 56.5. The van der Waals surface area contributed by atoms with Gasteiger partial charge in [-0.1, -0.05) is 0 Å². The number of nitrogens with zero attached hydrogens (tertiary/aromatic N) is 2. The Balaban J connectivity index is 0.000000406. The maximum Gasteiger partial charge on any atom is 0.490 e. The largest absolute Gasteiger partial charge is 0.490 e. The predicted molar refractivity (Wildman–Crippen MR) is 111 cm³/mol. The van der Waals surface area contributed by atoms with E-state index < -0.39 is 12.1 Å². The number of aromatic nitrogens is 1. The molecule has 0 spiro atoms. The highest BCUT2D eigenvalue weighted by molar-refractivity contribution is 5.94. The van der Waals surface area contributed by atoms with E-state index in [2.05, 4.69) is 4.98 Å². The molecule has 184 valence electrons. The van der Waals surface area contributed by atoms with Crippen LogP contribution < -0.4 is 0 Å². The number of halogens is 4. The molecule has 3 heterocycles. The van der Waals surface area contributed by atoms with Gasteiger partial charge in [0.15, 0.2) is 0 Å². The van der Waals surface area contributed by atoms with E-state index in [-0.39, 0.29) is 17.8 Å². The smallest absolute Gasteiger partial charge is 0.475 e. The van der Waals surface area contributed by atoms with Crippen LogP contribution in [0.1, 0.15) is 22.3 Å². The van der Waals surface area contributed by atoms with Gasteiger partial charge in [-0.2, -0.15) is 13.2 Å². The number of rotatable bonds is 6. The molecule has 4 rings (SSSR count). The Labute approximate surface area is 193 Å². The van der Waals surface area contributed by atoms with Gasteiger partial charge in [0.1, 0.15) is 5.82 Å². The molecule has 1 N–H and O–H groups in total. The molecule has 3 atom stereocenters. The lowest BCUT2D eigenvalue weighted by Crippen LogP contribution is -2.31. The van der Waals surface area contributed by atoms with Gasteiger partial charge >= 0.3 is 12.1 Å². The maximum atomic E-state index is 13.1. The quantitative estimate of drug-likeness (QED) is 0.499. The molecule has 0 unspecified atom stereocenters. The van der Waals surface area contributed by atoms with Crippen molar-refractivity contribution in [2.24, 2.45) is 11.8 Å². The number of likely N-dealkylation sites (tertiary alicyclic amines) is 1. The van der Waals surface area contributed by atoms with E-state index in [0.717, 1.165) is 18.6 Å². The summed E-state index contributed by atoms with van der Waals surface area (Å²) in [6.45, 7) is 3.28. The van der Waals surface area contributed by atoms with Crippen LogP contribution in [0.5, 0.6) is 0 Å². The maximum absolute atomic E-state index is 13.1. The SMILES string of the molecule is O=C(O)C(F)(F)F.O=C(c1ccc(F)cc1)N1C[C@H]2[C@@H](CCOCc3ccncc3)CO[C@H]2C1. The summed E-state index contributed by atoms with van der Waals surface area (Å²) >= 11 is 0. The molecular weight excluding hydrogens is 460 g/mol. The third-order valence-electron chi connectivity index (χ3n) is 5.71. The van der Waals surface area contributed by atoms with E-state index in [1.54, 1.807) is 12.4 Å². The molecule has 34 heavy (non-hydrogen) atoms. The van der Waals surface area contributed by atoms with Crippen molar-refractivity contribution in [2.75, 3.05) is 26.3 Å². The minimum Gasteiger partial charge on any atom is -0.475 e. The zero-order valence-electron chi connectivity index (χ0n) is 18.1. The number of carbonyl (C=O) groups excluding carboxylic acids is 1. The van der Waals surface area contributed by atoms with Gasteiger partial charge < -0.3 is 19.5 Å². The van der Waals surface area contributed by atoms with Crippen molar-refractivity contribution >= 4 is 11.9 Å². The fourth-order valence-electron chi connectivity index (χ4n) is 3.94.